The van der Waals surface area contributed by atoms with Gasteiger partial charge in [0, 0.05) is 29.4 Å². The van der Waals surface area contributed by atoms with Gasteiger partial charge in [0.15, 0.2) is 0 Å². The number of fused-ring (bicyclic) bond motifs is 1. The average Bonchev–Trinajstić information content (AvgIpc) is 3.58. The molecule has 38 heavy (non-hydrogen) atoms. The fraction of sp³-hybridized carbons (Fsp3) is 0.250. The van der Waals surface area contributed by atoms with Crippen LogP contribution in [0.3, 0.4) is 0 Å². The summed E-state index contributed by atoms with van der Waals surface area (Å²) in [6.07, 6.45) is 3.52. The van der Waals surface area contributed by atoms with E-state index in [0.29, 0.717) is 21.8 Å². The van der Waals surface area contributed by atoms with Crippen molar-refractivity contribution in [2.24, 2.45) is 0 Å². The molecule has 10 heteroatoms. The molecule has 0 bridgehead atoms. The fourth-order valence-electron chi connectivity index (χ4n) is 4.33. The zero-order valence-electron chi connectivity index (χ0n) is 21.5. The second kappa shape index (κ2) is 10.8. The first kappa shape index (κ1) is 25.6. The van der Waals surface area contributed by atoms with Crippen LogP contribution < -0.4 is 10.6 Å². The normalized spacial score (nSPS) is 12.9. The van der Waals surface area contributed by atoms with Gasteiger partial charge in [-0.15, -0.1) is 16.4 Å². The summed E-state index contributed by atoms with van der Waals surface area (Å²) in [5.74, 6) is 0. The van der Waals surface area contributed by atoms with Crippen molar-refractivity contribution >= 4 is 45.2 Å². The molecule has 2 unspecified atom stereocenters. The number of nitrogens with zero attached hydrogens (tertiary/aromatic N) is 6. The van der Waals surface area contributed by atoms with Crippen LogP contribution in [-0.2, 0) is 0 Å². The molecule has 0 aliphatic carbocycles. The third kappa shape index (κ3) is 5.05. The minimum Gasteiger partial charge on any atom is -0.377 e. The Balaban J connectivity index is 1.59. The van der Waals surface area contributed by atoms with E-state index in [1.165, 1.54) is 0 Å². The molecule has 0 amide bonds. The monoisotopic (exact) mass is 542 g/mol. The lowest BCUT2D eigenvalue weighted by atomic mass is 10.0. The number of hydrogen-bond acceptors (Lipinski definition) is 8. The summed E-state index contributed by atoms with van der Waals surface area (Å²) in [4.78, 5) is 9.99. The van der Waals surface area contributed by atoms with E-state index in [1.807, 2.05) is 53.6 Å². The summed E-state index contributed by atoms with van der Waals surface area (Å²) in [5.41, 5.74) is 7.17. The van der Waals surface area contributed by atoms with Crippen LogP contribution >= 0.6 is 22.9 Å². The van der Waals surface area contributed by atoms with E-state index >= 15 is 0 Å². The Morgan fingerprint density at radius 2 is 1.87 bits per heavy atom. The van der Waals surface area contributed by atoms with E-state index < -0.39 is 0 Å². The van der Waals surface area contributed by atoms with Crippen LogP contribution in [0.1, 0.15) is 66.3 Å². The first-order valence-electron chi connectivity index (χ1n) is 12.3. The van der Waals surface area contributed by atoms with Gasteiger partial charge in [0.05, 0.1) is 44.1 Å². The number of hydrogen-bond donors (Lipinski definition) is 2. The zero-order chi connectivity index (χ0) is 26.8. The highest BCUT2D eigenvalue weighted by atomic mass is 35.5. The molecule has 2 aromatic carbocycles. The predicted molar refractivity (Wildman–Crippen MR) is 153 cm³/mol. The molecule has 0 saturated carbocycles. The van der Waals surface area contributed by atoms with Crippen molar-refractivity contribution < 1.29 is 0 Å². The van der Waals surface area contributed by atoms with Gasteiger partial charge >= 0.3 is 0 Å². The Morgan fingerprint density at radius 1 is 1.08 bits per heavy atom. The second-order valence-corrected chi connectivity index (χ2v) is 10.7. The zero-order valence-corrected chi connectivity index (χ0v) is 23.0. The molecule has 0 spiro atoms. The van der Waals surface area contributed by atoms with Gasteiger partial charge < -0.3 is 10.6 Å². The number of benzene rings is 2. The standard InChI is InChI=1S/C28H27ClN8S/c1-16(2)37-14-24(35-36-37)27(28-18(4)32-15-38-28)34-21-10-22-25(33-17(3)19-8-6-5-7-9-19)20(12-30)13-31-26(22)23(29)11-21/h5-11,13-17,27,34H,1-4H3,(H,31,33). The molecule has 192 valence electrons. The van der Waals surface area contributed by atoms with Crippen molar-refractivity contribution in [3.05, 3.63) is 92.8 Å². The molecule has 2 atom stereocenters. The summed E-state index contributed by atoms with van der Waals surface area (Å²) < 4.78 is 1.84. The minimum absolute atomic E-state index is 0.0389. The van der Waals surface area contributed by atoms with Crippen LogP contribution in [-0.4, -0.2) is 25.0 Å². The van der Waals surface area contributed by atoms with Gasteiger partial charge in [-0.3, -0.25) is 4.98 Å². The maximum atomic E-state index is 9.89. The summed E-state index contributed by atoms with van der Waals surface area (Å²) in [5, 5.41) is 27.0. The highest BCUT2D eigenvalue weighted by Gasteiger charge is 2.24. The number of nitriles is 1. The van der Waals surface area contributed by atoms with Gasteiger partial charge in [-0.25, -0.2) is 9.67 Å². The topological polar surface area (TPSA) is 104 Å². The smallest absolute Gasteiger partial charge is 0.110 e. The molecule has 0 fully saturated rings. The molecule has 5 aromatic rings. The Hall–Kier alpha value is -4.00. The molecule has 3 heterocycles. The maximum absolute atomic E-state index is 9.89. The quantitative estimate of drug-likeness (QED) is 0.216. The SMILES string of the molecule is Cc1ncsc1C(Nc1cc(Cl)c2ncc(C#N)c(NC(C)c3ccccc3)c2c1)c1cn(C(C)C)nn1. The van der Waals surface area contributed by atoms with E-state index in [2.05, 4.69) is 69.9 Å². The van der Waals surface area contributed by atoms with E-state index in [9.17, 15) is 5.26 Å². The number of halogens is 1. The van der Waals surface area contributed by atoms with E-state index in [-0.39, 0.29) is 18.1 Å². The molecule has 3 aromatic heterocycles. The highest BCUT2D eigenvalue weighted by molar-refractivity contribution is 7.09. The second-order valence-electron chi connectivity index (χ2n) is 9.39. The lowest BCUT2D eigenvalue weighted by molar-refractivity contribution is 0.514. The predicted octanol–water partition coefficient (Wildman–Crippen LogP) is 7.07. The van der Waals surface area contributed by atoms with Gasteiger partial charge in [-0.05, 0) is 45.4 Å². The van der Waals surface area contributed by atoms with Crippen LogP contribution in [0.5, 0.6) is 0 Å². The van der Waals surface area contributed by atoms with Gasteiger partial charge in [0.1, 0.15) is 17.8 Å². The Kier molecular flexibility index (Phi) is 7.27. The van der Waals surface area contributed by atoms with Crippen molar-refractivity contribution in [3.63, 3.8) is 0 Å². The highest BCUT2D eigenvalue weighted by Crippen LogP contribution is 2.37. The van der Waals surface area contributed by atoms with Crippen molar-refractivity contribution in [3.8, 4) is 6.07 Å². The Bertz CT molecular complexity index is 1620. The summed E-state index contributed by atoms with van der Waals surface area (Å²) in [6.45, 7) is 8.17. The molecular formula is C28H27ClN8S. The lowest BCUT2D eigenvalue weighted by Gasteiger charge is -2.21. The maximum Gasteiger partial charge on any atom is 0.110 e. The molecule has 0 radical (unpaired) electrons. The first-order valence-corrected chi connectivity index (χ1v) is 13.5. The van der Waals surface area contributed by atoms with Crippen molar-refractivity contribution in [2.45, 2.75) is 45.8 Å². The Morgan fingerprint density at radius 3 is 2.53 bits per heavy atom. The van der Waals surface area contributed by atoms with Crippen LogP contribution in [0.25, 0.3) is 10.9 Å². The van der Waals surface area contributed by atoms with Gasteiger partial charge in [0.2, 0.25) is 0 Å². The van der Waals surface area contributed by atoms with Crippen LogP contribution in [0.4, 0.5) is 11.4 Å². The number of nitrogens with one attached hydrogen (secondary N) is 2. The molecule has 2 N–H and O–H groups in total. The van der Waals surface area contributed by atoms with Gasteiger partial charge in [-0.1, -0.05) is 47.1 Å². The Labute approximate surface area is 230 Å². The summed E-state index contributed by atoms with van der Waals surface area (Å²) in [6, 6.07) is 16.1. The molecule has 8 nitrogen and oxygen atoms in total. The molecular weight excluding hydrogens is 516 g/mol. The number of thiazole rings is 1. The molecule has 0 aliphatic rings. The number of aryl methyl sites for hydroxylation is 1. The van der Waals surface area contributed by atoms with E-state index in [0.717, 1.165) is 32.9 Å². The van der Waals surface area contributed by atoms with Crippen LogP contribution in [0.15, 0.2) is 60.4 Å². The molecule has 0 saturated heterocycles. The third-order valence-corrected chi connectivity index (χ3v) is 7.70. The van der Waals surface area contributed by atoms with Crippen molar-refractivity contribution in [1.82, 2.24) is 25.0 Å². The van der Waals surface area contributed by atoms with Gasteiger partial charge in [-0.2, -0.15) is 5.26 Å². The molecule has 5 rings (SSSR count). The number of rotatable bonds is 8. The first-order chi connectivity index (χ1) is 18.4. The van der Waals surface area contributed by atoms with E-state index in [4.69, 9.17) is 11.6 Å². The molecule has 0 aliphatic heterocycles. The van der Waals surface area contributed by atoms with Crippen LogP contribution in [0.2, 0.25) is 5.02 Å². The number of anilines is 2. The lowest BCUT2D eigenvalue weighted by Crippen LogP contribution is -2.13. The van der Waals surface area contributed by atoms with E-state index in [1.54, 1.807) is 17.5 Å². The summed E-state index contributed by atoms with van der Waals surface area (Å²) >= 11 is 8.32. The summed E-state index contributed by atoms with van der Waals surface area (Å²) in [7, 11) is 0. The fourth-order valence-corrected chi connectivity index (χ4v) is 5.46. The minimum atomic E-state index is -0.282. The van der Waals surface area contributed by atoms with Crippen LogP contribution in [0, 0.1) is 18.3 Å². The largest absolute Gasteiger partial charge is 0.377 e. The van der Waals surface area contributed by atoms with Crippen molar-refractivity contribution in [2.75, 3.05) is 10.6 Å². The average molecular weight is 543 g/mol. The number of pyridine rings is 1. The number of aromatic nitrogens is 5. The third-order valence-electron chi connectivity index (χ3n) is 6.41. The van der Waals surface area contributed by atoms with Crippen molar-refractivity contribution in [1.29, 1.82) is 5.26 Å². The van der Waals surface area contributed by atoms with Gasteiger partial charge in [0.25, 0.3) is 0 Å².